The molecule has 0 aromatic rings. The summed E-state index contributed by atoms with van der Waals surface area (Å²) in [5.41, 5.74) is -0.273. The number of hydrogen-bond acceptors (Lipinski definition) is 4. The van der Waals surface area contributed by atoms with E-state index in [2.05, 4.69) is 24.2 Å². The van der Waals surface area contributed by atoms with E-state index in [4.69, 9.17) is 4.74 Å². The molecule has 0 aromatic heterocycles. The number of amides is 2. The zero-order valence-electron chi connectivity index (χ0n) is 17.2. The van der Waals surface area contributed by atoms with Crippen LogP contribution in [0.3, 0.4) is 0 Å². The lowest BCUT2D eigenvalue weighted by molar-refractivity contribution is -0.145. The minimum absolute atomic E-state index is 0. The van der Waals surface area contributed by atoms with Crippen molar-refractivity contribution in [1.29, 1.82) is 0 Å². The fourth-order valence-corrected chi connectivity index (χ4v) is 3.90. The Hall–Kier alpha value is -1.10. The maximum absolute atomic E-state index is 12.6. The second kappa shape index (κ2) is 10.4. The van der Waals surface area contributed by atoms with Crippen molar-refractivity contribution in [1.82, 2.24) is 20.0 Å². The van der Waals surface area contributed by atoms with Crippen molar-refractivity contribution in [3.63, 3.8) is 0 Å². The number of guanidine groups is 1. The molecule has 2 heterocycles. The number of ether oxygens (including phenoxy) is 1. The Morgan fingerprint density at radius 3 is 2.41 bits per heavy atom. The Morgan fingerprint density at radius 2 is 1.89 bits per heavy atom. The van der Waals surface area contributed by atoms with Crippen LogP contribution in [0.25, 0.3) is 0 Å². The van der Waals surface area contributed by atoms with Crippen LogP contribution in [-0.2, 0) is 14.3 Å². The number of halogens is 1. The smallest absolute Gasteiger partial charge is 0.242 e. The number of hydrogen-bond donors (Lipinski definition) is 1. The number of aliphatic imine (C=N–C) groups is 1. The lowest BCUT2D eigenvalue weighted by atomic mass is 9.96. The Bertz CT molecular complexity index is 547. The van der Waals surface area contributed by atoms with E-state index in [9.17, 15) is 9.59 Å². The second-order valence-electron chi connectivity index (χ2n) is 7.74. The number of piperazine rings is 1. The van der Waals surface area contributed by atoms with Crippen LogP contribution < -0.4 is 5.32 Å². The van der Waals surface area contributed by atoms with Crippen molar-refractivity contribution >= 4 is 41.8 Å². The van der Waals surface area contributed by atoms with Crippen LogP contribution in [0, 0.1) is 0 Å². The molecule has 2 rings (SSSR count). The number of carbonyl (C=O) groups excluding carboxylic acids is 2. The average Bonchev–Trinajstić information content (AvgIpc) is 2.57. The molecular formula is C18H34IN5O3. The first kappa shape index (κ1) is 23.9. The predicted octanol–water partition coefficient (Wildman–Crippen LogP) is 0.760. The number of nitrogens with zero attached hydrogens (tertiary/aromatic N) is 4. The molecule has 0 saturated carbocycles. The molecule has 27 heavy (non-hydrogen) atoms. The van der Waals surface area contributed by atoms with E-state index in [1.807, 2.05) is 28.5 Å². The highest BCUT2D eigenvalue weighted by Gasteiger charge is 2.40. The van der Waals surface area contributed by atoms with Gasteiger partial charge in [0.1, 0.15) is 0 Å². The highest BCUT2D eigenvalue weighted by atomic mass is 127. The van der Waals surface area contributed by atoms with Gasteiger partial charge in [0.05, 0.1) is 25.3 Å². The Morgan fingerprint density at radius 1 is 1.26 bits per heavy atom. The summed E-state index contributed by atoms with van der Waals surface area (Å²) in [5.74, 6) is 0.894. The molecular weight excluding hydrogens is 461 g/mol. The summed E-state index contributed by atoms with van der Waals surface area (Å²) in [4.78, 5) is 34.9. The number of nitrogens with one attached hydrogen (secondary N) is 1. The molecule has 156 valence electrons. The molecule has 0 bridgehead atoms. The fourth-order valence-electron chi connectivity index (χ4n) is 3.90. The Labute approximate surface area is 179 Å². The van der Waals surface area contributed by atoms with Gasteiger partial charge in [-0.15, -0.1) is 24.0 Å². The predicted molar refractivity (Wildman–Crippen MR) is 116 cm³/mol. The van der Waals surface area contributed by atoms with Gasteiger partial charge in [-0.1, -0.05) is 0 Å². The third-order valence-corrected chi connectivity index (χ3v) is 4.84. The van der Waals surface area contributed by atoms with Crippen molar-refractivity contribution in [2.24, 2.45) is 4.99 Å². The van der Waals surface area contributed by atoms with Crippen molar-refractivity contribution in [2.75, 3.05) is 53.0 Å². The maximum Gasteiger partial charge on any atom is 0.242 e. The molecule has 2 fully saturated rings. The van der Waals surface area contributed by atoms with E-state index >= 15 is 0 Å². The van der Waals surface area contributed by atoms with E-state index < -0.39 is 0 Å². The van der Waals surface area contributed by atoms with Gasteiger partial charge in [0.25, 0.3) is 0 Å². The highest BCUT2D eigenvalue weighted by molar-refractivity contribution is 14.0. The highest BCUT2D eigenvalue weighted by Crippen LogP contribution is 2.24. The van der Waals surface area contributed by atoms with Crippen molar-refractivity contribution in [3.8, 4) is 0 Å². The number of carbonyl (C=O) groups is 2. The summed E-state index contributed by atoms with van der Waals surface area (Å²) in [6.45, 7) is 12.3. The molecule has 0 aromatic carbocycles. The molecule has 2 amide bonds. The minimum Gasteiger partial charge on any atom is -0.378 e. The van der Waals surface area contributed by atoms with Gasteiger partial charge in [-0.3, -0.25) is 14.6 Å². The molecule has 2 aliphatic heterocycles. The standard InChI is InChI=1S/C18H33N5O3.HI/c1-14(2)23-16(25)12-22(13-18(23,3)4)17(19-5)20-7-6-15(24)21-8-10-26-11-9-21;/h14H,6-13H2,1-5H3,(H,19,20);1H. The Kier molecular flexibility index (Phi) is 9.26. The van der Waals surface area contributed by atoms with Crippen LogP contribution in [0.4, 0.5) is 0 Å². The summed E-state index contributed by atoms with van der Waals surface area (Å²) in [7, 11) is 1.71. The van der Waals surface area contributed by atoms with E-state index in [0.717, 1.165) is 0 Å². The molecule has 2 saturated heterocycles. The van der Waals surface area contributed by atoms with Crippen LogP contribution >= 0.6 is 24.0 Å². The minimum atomic E-state index is -0.273. The fraction of sp³-hybridized carbons (Fsp3) is 0.833. The molecule has 0 spiro atoms. The van der Waals surface area contributed by atoms with Gasteiger partial charge in [-0.2, -0.15) is 0 Å². The van der Waals surface area contributed by atoms with Gasteiger partial charge in [-0.25, -0.2) is 0 Å². The zero-order chi connectivity index (χ0) is 19.3. The van der Waals surface area contributed by atoms with E-state index in [-0.39, 0.29) is 47.4 Å². The van der Waals surface area contributed by atoms with Crippen molar-refractivity contribution in [3.05, 3.63) is 0 Å². The summed E-state index contributed by atoms with van der Waals surface area (Å²) >= 11 is 0. The molecule has 9 heteroatoms. The van der Waals surface area contributed by atoms with Crippen LogP contribution in [0.5, 0.6) is 0 Å². The monoisotopic (exact) mass is 495 g/mol. The molecule has 8 nitrogen and oxygen atoms in total. The largest absolute Gasteiger partial charge is 0.378 e. The zero-order valence-corrected chi connectivity index (χ0v) is 19.5. The summed E-state index contributed by atoms with van der Waals surface area (Å²) in [6.07, 6.45) is 0.405. The van der Waals surface area contributed by atoms with Gasteiger partial charge in [0.15, 0.2) is 5.96 Å². The van der Waals surface area contributed by atoms with Gasteiger partial charge in [-0.05, 0) is 27.7 Å². The second-order valence-corrected chi connectivity index (χ2v) is 7.74. The third kappa shape index (κ3) is 6.20. The van der Waals surface area contributed by atoms with E-state index in [0.29, 0.717) is 58.3 Å². The lowest BCUT2D eigenvalue weighted by Gasteiger charge is -2.49. The molecule has 0 aliphatic carbocycles. The van der Waals surface area contributed by atoms with Crippen LogP contribution in [0.15, 0.2) is 4.99 Å². The Balaban J connectivity index is 0.00000364. The summed E-state index contributed by atoms with van der Waals surface area (Å²) in [6, 6.07) is 0.167. The van der Waals surface area contributed by atoms with E-state index in [1.54, 1.807) is 7.05 Å². The first-order valence-electron chi connectivity index (χ1n) is 9.39. The summed E-state index contributed by atoms with van der Waals surface area (Å²) in [5, 5.41) is 3.24. The number of morpholine rings is 1. The molecule has 0 atom stereocenters. The van der Waals surface area contributed by atoms with Crippen LogP contribution in [0.1, 0.15) is 34.1 Å². The SMILES string of the molecule is CN=C(NCCC(=O)N1CCOCC1)N1CC(=O)N(C(C)C)C(C)(C)C1.I. The van der Waals surface area contributed by atoms with Crippen LogP contribution in [-0.4, -0.2) is 97.0 Å². The molecule has 1 N–H and O–H groups in total. The normalized spacial score (nSPS) is 20.6. The van der Waals surface area contributed by atoms with Gasteiger partial charge in [0, 0.05) is 45.7 Å². The lowest BCUT2D eigenvalue weighted by Crippen LogP contribution is -2.66. The first-order chi connectivity index (χ1) is 12.3. The molecule has 2 aliphatic rings. The maximum atomic E-state index is 12.6. The average molecular weight is 495 g/mol. The van der Waals surface area contributed by atoms with Crippen LogP contribution in [0.2, 0.25) is 0 Å². The van der Waals surface area contributed by atoms with E-state index in [1.165, 1.54) is 0 Å². The van der Waals surface area contributed by atoms with Crippen molar-refractivity contribution in [2.45, 2.75) is 45.7 Å². The topological polar surface area (TPSA) is 77.5 Å². The third-order valence-electron chi connectivity index (χ3n) is 4.84. The quantitative estimate of drug-likeness (QED) is 0.354. The molecule has 0 unspecified atom stereocenters. The van der Waals surface area contributed by atoms with Gasteiger partial charge < -0.3 is 24.8 Å². The molecule has 0 radical (unpaired) electrons. The van der Waals surface area contributed by atoms with Gasteiger partial charge in [0.2, 0.25) is 11.8 Å². The first-order valence-corrected chi connectivity index (χ1v) is 9.39. The number of rotatable bonds is 4. The summed E-state index contributed by atoms with van der Waals surface area (Å²) < 4.78 is 5.27. The van der Waals surface area contributed by atoms with Gasteiger partial charge >= 0.3 is 0 Å². The van der Waals surface area contributed by atoms with Crippen molar-refractivity contribution < 1.29 is 14.3 Å².